The zero-order valence-electron chi connectivity index (χ0n) is 43.9. The molecule has 71 heavy (non-hydrogen) atoms. The van der Waals surface area contributed by atoms with Crippen LogP contribution in [0.3, 0.4) is 0 Å². The van der Waals surface area contributed by atoms with Crippen molar-refractivity contribution in [3.8, 4) is 0 Å². The molecule has 386 valence electrons. The smallest absolute Gasteiger partial charge is 0.251 e. The minimum atomic E-state index is -0.945. The minimum Gasteiger partial charge on any atom is -0.348 e. The van der Waals surface area contributed by atoms with Gasteiger partial charge in [-0.1, -0.05) is 114 Å². The van der Waals surface area contributed by atoms with Gasteiger partial charge in [0.25, 0.3) is 5.91 Å². The lowest BCUT2D eigenvalue weighted by Gasteiger charge is -2.36. The van der Waals surface area contributed by atoms with E-state index in [1.54, 1.807) is 57.1 Å². The fourth-order valence-corrected chi connectivity index (χ4v) is 9.24. The van der Waals surface area contributed by atoms with E-state index in [2.05, 4.69) is 44.1 Å². The van der Waals surface area contributed by atoms with Gasteiger partial charge >= 0.3 is 0 Å². The third-order valence-electron chi connectivity index (χ3n) is 14.0. The van der Waals surface area contributed by atoms with Crippen molar-refractivity contribution < 1.29 is 33.6 Å². The van der Waals surface area contributed by atoms with Crippen LogP contribution in [0.4, 0.5) is 0 Å². The Balaban J connectivity index is 1.30. The molecule has 6 amide bonds. The van der Waals surface area contributed by atoms with Crippen LogP contribution >= 0.6 is 0 Å². The van der Waals surface area contributed by atoms with Crippen LogP contribution < -0.4 is 37.2 Å². The van der Waals surface area contributed by atoms with Crippen molar-refractivity contribution in [3.05, 3.63) is 107 Å². The van der Waals surface area contributed by atoms with Gasteiger partial charge in [-0.2, -0.15) is 0 Å². The number of benzene rings is 3. The van der Waals surface area contributed by atoms with Gasteiger partial charge in [0, 0.05) is 55.3 Å². The Kier molecular flexibility index (Phi) is 19.3. The van der Waals surface area contributed by atoms with E-state index in [9.17, 15) is 33.6 Å². The van der Waals surface area contributed by atoms with Crippen LogP contribution in [0, 0.1) is 16.7 Å². The van der Waals surface area contributed by atoms with Gasteiger partial charge in [-0.15, -0.1) is 0 Å². The van der Waals surface area contributed by atoms with Crippen LogP contribution in [0.1, 0.15) is 132 Å². The second-order valence-electron chi connectivity index (χ2n) is 21.7. The first-order valence-corrected chi connectivity index (χ1v) is 25.1. The molecule has 2 saturated heterocycles. The van der Waals surface area contributed by atoms with E-state index < -0.39 is 53.0 Å². The highest BCUT2D eigenvalue weighted by atomic mass is 16.2. The van der Waals surface area contributed by atoms with Gasteiger partial charge in [0.15, 0.2) is 5.78 Å². The summed E-state index contributed by atoms with van der Waals surface area (Å²) in [7, 11) is 3.35. The monoisotopic (exact) mass is 978 g/mol. The third kappa shape index (κ3) is 14.8. The molecule has 2 aliphatic heterocycles. The molecule has 3 aromatic carbocycles. The predicted molar refractivity (Wildman–Crippen MR) is 276 cm³/mol. The molecule has 2 heterocycles. The van der Waals surface area contributed by atoms with E-state index in [4.69, 9.17) is 0 Å². The quantitative estimate of drug-likeness (QED) is 0.0778. The molecule has 5 rings (SSSR count). The van der Waals surface area contributed by atoms with Gasteiger partial charge in [0.1, 0.15) is 18.1 Å². The largest absolute Gasteiger partial charge is 0.348 e. The fraction of sp³-hybridized carbons (Fsp3) is 0.545. The molecular formula is C55H79N9O7. The second kappa shape index (κ2) is 24.4. The Morgan fingerprint density at radius 1 is 0.592 bits per heavy atom. The maximum absolute atomic E-state index is 14.5. The minimum absolute atomic E-state index is 0.00487. The van der Waals surface area contributed by atoms with Gasteiger partial charge in [-0.25, -0.2) is 0 Å². The number of nitrogens with zero attached hydrogens (tertiary/aromatic N) is 2. The molecule has 2 aliphatic rings. The first kappa shape index (κ1) is 56.0. The molecule has 0 aliphatic carbocycles. The van der Waals surface area contributed by atoms with Gasteiger partial charge in [-0.05, 0) is 94.6 Å². The van der Waals surface area contributed by atoms with E-state index in [-0.39, 0.29) is 85.3 Å². The number of Topliss-reactive ketones (excluding diaryl/α,β-unsaturated/α-hetero) is 1. The Hall–Kier alpha value is -5.97. The molecule has 7 N–H and O–H groups in total. The predicted octanol–water partition coefficient (Wildman–Crippen LogP) is 4.68. The molecule has 16 nitrogen and oxygen atoms in total. The van der Waals surface area contributed by atoms with Crippen molar-refractivity contribution in [3.63, 3.8) is 0 Å². The number of hydrogen-bond donors (Lipinski definition) is 7. The molecule has 0 aromatic heterocycles. The SMILES string of the molecule is CN[C@@H](C)C(=O)N[C@H](C(=O)N1C[C@@H](NC(=O)c2ccc(C(=O)C[C@H]3C[C@@H](C(=O)N[C@@H](C)c4ccccc4)N(C(=O)[C@@H](NC(=O)[C@H](C)NC)C(C)(C)C)C3)cc2)C[C@H]1CN[C@@H](C)c1ccccc1)C(C)(C)C. The average molecular weight is 978 g/mol. The lowest BCUT2D eigenvalue weighted by molar-refractivity contribution is -0.144. The molecule has 0 saturated carbocycles. The average Bonchev–Trinajstić information content (AvgIpc) is 3.96. The van der Waals surface area contributed by atoms with Crippen LogP contribution in [0.15, 0.2) is 84.9 Å². The zero-order chi connectivity index (χ0) is 52.4. The van der Waals surface area contributed by atoms with Crippen molar-refractivity contribution in [2.75, 3.05) is 33.7 Å². The van der Waals surface area contributed by atoms with E-state index >= 15 is 0 Å². The summed E-state index contributed by atoms with van der Waals surface area (Å²) >= 11 is 0. The Morgan fingerprint density at radius 3 is 1.56 bits per heavy atom. The highest BCUT2D eigenvalue weighted by Gasteiger charge is 2.46. The van der Waals surface area contributed by atoms with Gasteiger partial charge in [0.2, 0.25) is 29.5 Å². The Bertz CT molecular complexity index is 2320. The standard InChI is InChI=1S/C55H79N9O7/c1-33(38-19-15-13-16-20-38)58-30-43-29-42(32-63(43)52(70)46(54(5,6)7)61-48(66)35(3)56-11)60-50(68)41-25-23-40(24-26-41)45(65)28-37-27-44(51(69)59-34(2)39-21-17-14-18-22-39)64(31-37)53(71)47(55(8,9)10)62-49(67)36(4)57-12/h13-26,33-37,42-44,46-47,56-58H,27-32H2,1-12H3,(H,59,69)(H,60,68)(H,61,66)(H,62,67)/t33-,34-,35-,36-,37+,42-,43-,44-,46+,47+/m0/s1. The number of likely N-dealkylation sites (N-methyl/N-ethyl adjacent to an activating group) is 2. The summed E-state index contributed by atoms with van der Waals surface area (Å²) in [6.07, 6.45) is 0.762. The van der Waals surface area contributed by atoms with Crippen molar-refractivity contribution in [1.82, 2.24) is 47.0 Å². The number of ketones is 1. The summed E-state index contributed by atoms with van der Waals surface area (Å²) in [4.78, 5) is 100. The van der Waals surface area contributed by atoms with Crippen molar-refractivity contribution in [1.29, 1.82) is 0 Å². The Morgan fingerprint density at radius 2 is 1.07 bits per heavy atom. The lowest BCUT2D eigenvalue weighted by atomic mass is 9.85. The summed E-state index contributed by atoms with van der Waals surface area (Å²) in [5.41, 5.74) is 1.41. The number of carbonyl (C=O) groups excluding carboxylic acids is 7. The third-order valence-corrected chi connectivity index (χ3v) is 14.0. The summed E-state index contributed by atoms with van der Waals surface area (Å²) in [5.74, 6) is -2.53. The van der Waals surface area contributed by atoms with Crippen molar-refractivity contribution >= 4 is 41.2 Å². The van der Waals surface area contributed by atoms with Gasteiger partial charge < -0.3 is 47.0 Å². The molecule has 0 spiro atoms. The normalized spacial score (nSPS) is 20.7. The summed E-state index contributed by atoms with van der Waals surface area (Å²) in [5, 5.41) is 21.5. The maximum Gasteiger partial charge on any atom is 0.251 e. The number of nitrogens with one attached hydrogen (secondary N) is 7. The first-order valence-electron chi connectivity index (χ1n) is 25.1. The summed E-state index contributed by atoms with van der Waals surface area (Å²) < 4.78 is 0. The molecule has 3 aromatic rings. The van der Waals surface area contributed by atoms with Crippen molar-refractivity contribution in [2.24, 2.45) is 16.7 Å². The molecule has 10 atom stereocenters. The fourth-order valence-electron chi connectivity index (χ4n) is 9.24. The summed E-state index contributed by atoms with van der Waals surface area (Å²) in [6.45, 7) is 19.5. The number of amides is 6. The molecule has 16 heteroatoms. The molecule has 0 bridgehead atoms. The van der Waals surface area contributed by atoms with Crippen LogP contribution in [0.2, 0.25) is 0 Å². The molecule has 0 radical (unpaired) electrons. The van der Waals surface area contributed by atoms with E-state index in [0.29, 0.717) is 24.1 Å². The molecular weight excluding hydrogens is 899 g/mol. The van der Waals surface area contributed by atoms with Crippen LogP contribution in [0.25, 0.3) is 0 Å². The number of rotatable bonds is 20. The number of hydrogen-bond acceptors (Lipinski definition) is 10. The van der Waals surface area contributed by atoms with Crippen LogP contribution in [0.5, 0.6) is 0 Å². The maximum atomic E-state index is 14.5. The molecule has 0 unspecified atom stereocenters. The summed E-state index contributed by atoms with van der Waals surface area (Å²) in [6, 6.07) is 21.2. The first-order chi connectivity index (χ1) is 33.4. The zero-order valence-corrected chi connectivity index (χ0v) is 43.9. The number of carbonyl (C=O) groups is 7. The highest BCUT2D eigenvalue weighted by molar-refractivity contribution is 6.00. The molecule has 2 fully saturated rings. The van der Waals surface area contributed by atoms with Gasteiger partial charge in [-0.3, -0.25) is 33.6 Å². The topological polar surface area (TPSA) is 210 Å². The van der Waals surface area contributed by atoms with Crippen LogP contribution in [-0.2, 0) is 24.0 Å². The lowest BCUT2D eigenvalue weighted by Crippen LogP contribution is -2.59. The van der Waals surface area contributed by atoms with E-state index in [1.165, 1.54) is 4.90 Å². The Labute approximate surface area is 421 Å². The van der Waals surface area contributed by atoms with Crippen molar-refractivity contribution in [2.45, 2.75) is 143 Å². The number of likely N-dealkylation sites (tertiary alicyclic amines) is 2. The van der Waals surface area contributed by atoms with Crippen LogP contribution in [-0.4, -0.2) is 127 Å². The van der Waals surface area contributed by atoms with E-state index in [0.717, 1.165) is 11.1 Å². The van der Waals surface area contributed by atoms with Gasteiger partial charge in [0.05, 0.1) is 18.1 Å². The van der Waals surface area contributed by atoms with E-state index in [1.807, 2.05) is 109 Å². The highest BCUT2D eigenvalue weighted by Crippen LogP contribution is 2.32. The second-order valence-corrected chi connectivity index (χ2v) is 21.7.